The normalized spacial score (nSPS) is 16.2. The molecular formula is C19H26Cl2NTi. The van der Waals surface area contributed by atoms with Gasteiger partial charge in [-0.05, 0) is 30.6 Å². The van der Waals surface area contributed by atoms with Gasteiger partial charge in [-0.15, -0.1) is 13.1 Å². The van der Waals surface area contributed by atoms with Gasteiger partial charge in [0.15, 0.2) is 0 Å². The summed E-state index contributed by atoms with van der Waals surface area (Å²) in [5, 5.41) is 4.69. The van der Waals surface area contributed by atoms with Crippen molar-refractivity contribution in [3.05, 3.63) is 57.9 Å². The molecule has 1 unspecified atom stereocenters. The predicted octanol–water partition coefficient (Wildman–Crippen LogP) is -0.265. The van der Waals surface area contributed by atoms with E-state index >= 15 is 0 Å². The molecule has 0 saturated carbocycles. The van der Waals surface area contributed by atoms with Crippen molar-refractivity contribution in [1.29, 1.82) is 0 Å². The molecule has 1 radical (unpaired) electrons. The molecule has 0 bridgehead atoms. The average molecular weight is 387 g/mol. The van der Waals surface area contributed by atoms with Crippen LogP contribution < -0.4 is 24.8 Å². The molecule has 0 aliphatic heterocycles. The quantitative estimate of drug-likeness (QED) is 0.472. The van der Waals surface area contributed by atoms with Crippen molar-refractivity contribution in [1.82, 2.24) is 0 Å². The van der Waals surface area contributed by atoms with Crippen LogP contribution in [0.1, 0.15) is 51.7 Å². The average Bonchev–Trinajstić information content (AvgIpc) is 2.69. The summed E-state index contributed by atoms with van der Waals surface area (Å²) < 4.78 is 0. The van der Waals surface area contributed by atoms with Gasteiger partial charge in [-0.25, -0.2) is 0 Å². The number of hydrogen-bond acceptors (Lipinski definition) is 0. The van der Waals surface area contributed by atoms with E-state index in [4.69, 9.17) is 5.32 Å². The summed E-state index contributed by atoms with van der Waals surface area (Å²) in [5.74, 6) is 0.520. The standard InChI is InChI=1S/C19H26N.2ClH.Ti/c1-5-6-11-20-13-17-9-7-8-10-18(17)19-15(3)12-14(2)16(19)4;;;/h7-10,12,15H,5-6,11,13H2,1-4H3;2*1H;/q-1;;;+3/p-2. The van der Waals surface area contributed by atoms with Gasteiger partial charge in [0.2, 0.25) is 0 Å². The molecular weight excluding hydrogens is 361 g/mol. The fraction of sp³-hybridized carbons (Fsp3) is 0.474. The Morgan fingerprint density at radius 2 is 1.74 bits per heavy atom. The van der Waals surface area contributed by atoms with Crippen LogP contribution in [0.5, 0.6) is 0 Å². The largest absolute Gasteiger partial charge is 3.00 e. The molecule has 1 aromatic carbocycles. The SMILES string of the molecule is CCCC[N-]Cc1ccccc1C1=C(C)C(C)=CC1C.[Cl-].[Cl-].[Ti+3]. The maximum atomic E-state index is 4.69. The van der Waals surface area contributed by atoms with E-state index < -0.39 is 0 Å². The Labute approximate surface area is 169 Å². The Kier molecular flexibility index (Phi) is 13.5. The van der Waals surface area contributed by atoms with Gasteiger partial charge in [-0.2, -0.15) is 0 Å². The topological polar surface area (TPSA) is 14.1 Å². The maximum absolute atomic E-state index is 4.69. The first-order valence-corrected chi connectivity index (χ1v) is 7.76. The van der Waals surface area contributed by atoms with E-state index in [1.807, 2.05) is 0 Å². The molecule has 23 heavy (non-hydrogen) atoms. The molecule has 0 amide bonds. The Morgan fingerprint density at radius 1 is 1.09 bits per heavy atom. The van der Waals surface area contributed by atoms with Crippen molar-refractivity contribution in [2.24, 2.45) is 5.92 Å². The predicted molar refractivity (Wildman–Crippen MR) is 88.8 cm³/mol. The Balaban J connectivity index is 0. The van der Waals surface area contributed by atoms with Crippen LogP contribution in [-0.2, 0) is 28.3 Å². The molecule has 0 saturated heterocycles. The summed E-state index contributed by atoms with van der Waals surface area (Å²) in [7, 11) is 0. The molecule has 2 rings (SSSR count). The first-order valence-electron chi connectivity index (χ1n) is 7.76. The fourth-order valence-electron chi connectivity index (χ4n) is 2.97. The van der Waals surface area contributed by atoms with Crippen LogP contribution in [0, 0.1) is 5.92 Å². The fourth-order valence-corrected chi connectivity index (χ4v) is 2.97. The van der Waals surface area contributed by atoms with Crippen LogP contribution in [0.25, 0.3) is 10.9 Å². The van der Waals surface area contributed by atoms with Crippen LogP contribution >= 0.6 is 0 Å². The van der Waals surface area contributed by atoms with Crippen molar-refractivity contribution >= 4 is 5.57 Å². The molecule has 1 aromatic rings. The van der Waals surface area contributed by atoms with Crippen LogP contribution in [0.2, 0.25) is 0 Å². The van der Waals surface area contributed by atoms with Crippen LogP contribution in [0.4, 0.5) is 0 Å². The van der Waals surface area contributed by atoms with E-state index in [1.165, 1.54) is 40.7 Å². The minimum Gasteiger partial charge on any atom is -1.00 e. The van der Waals surface area contributed by atoms with E-state index in [9.17, 15) is 0 Å². The molecule has 1 atom stereocenters. The smallest absolute Gasteiger partial charge is 1.00 e. The third-order valence-corrected chi connectivity index (χ3v) is 4.21. The van der Waals surface area contributed by atoms with Crippen LogP contribution in [0.3, 0.4) is 0 Å². The first-order chi connectivity index (χ1) is 9.65. The second kappa shape index (κ2) is 12.3. The summed E-state index contributed by atoms with van der Waals surface area (Å²) >= 11 is 0. The summed E-state index contributed by atoms with van der Waals surface area (Å²) in [6.07, 6.45) is 4.78. The number of nitrogens with zero attached hydrogens (tertiary/aromatic N) is 1. The summed E-state index contributed by atoms with van der Waals surface area (Å²) in [6, 6.07) is 8.76. The second-order valence-electron chi connectivity index (χ2n) is 5.79. The van der Waals surface area contributed by atoms with Gasteiger partial charge >= 0.3 is 21.7 Å². The third kappa shape index (κ3) is 6.40. The van der Waals surface area contributed by atoms with Crippen LogP contribution in [0.15, 0.2) is 41.5 Å². The Bertz CT molecular complexity index is 538. The molecule has 0 heterocycles. The van der Waals surface area contributed by atoms with Gasteiger partial charge in [0.05, 0.1) is 0 Å². The molecule has 1 aliphatic carbocycles. The third-order valence-electron chi connectivity index (χ3n) is 4.21. The van der Waals surface area contributed by atoms with Crippen molar-refractivity contribution in [2.75, 3.05) is 6.54 Å². The molecule has 1 aliphatic rings. The number of halogens is 2. The summed E-state index contributed by atoms with van der Waals surface area (Å²) in [4.78, 5) is 0. The van der Waals surface area contributed by atoms with Gasteiger partial charge < -0.3 is 30.1 Å². The Morgan fingerprint density at radius 3 is 2.30 bits per heavy atom. The number of rotatable bonds is 6. The monoisotopic (exact) mass is 386 g/mol. The number of allylic oxidation sites excluding steroid dienone is 4. The molecule has 0 aromatic heterocycles. The van der Waals surface area contributed by atoms with E-state index in [-0.39, 0.29) is 46.5 Å². The number of benzene rings is 1. The van der Waals surface area contributed by atoms with Crippen molar-refractivity contribution in [3.63, 3.8) is 0 Å². The maximum Gasteiger partial charge on any atom is 3.00 e. The van der Waals surface area contributed by atoms with Gasteiger partial charge in [0.1, 0.15) is 0 Å². The van der Waals surface area contributed by atoms with E-state index in [0.717, 1.165) is 13.1 Å². The van der Waals surface area contributed by atoms with Crippen molar-refractivity contribution in [3.8, 4) is 0 Å². The molecule has 4 heteroatoms. The molecule has 0 N–H and O–H groups in total. The molecule has 125 valence electrons. The summed E-state index contributed by atoms with van der Waals surface area (Å²) in [5.41, 5.74) is 7.12. The Hall–Kier alpha value is -0.0457. The minimum absolute atomic E-state index is 0. The molecule has 1 nitrogen and oxygen atoms in total. The minimum atomic E-state index is 0. The summed E-state index contributed by atoms with van der Waals surface area (Å²) in [6.45, 7) is 10.8. The van der Waals surface area contributed by atoms with E-state index in [2.05, 4.69) is 58.0 Å². The van der Waals surface area contributed by atoms with Gasteiger partial charge in [0, 0.05) is 5.92 Å². The first kappa shape index (κ1) is 25.2. The zero-order chi connectivity index (χ0) is 14.5. The van der Waals surface area contributed by atoms with Gasteiger partial charge in [-0.3, -0.25) is 0 Å². The van der Waals surface area contributed by atoms with Crippen molar-refractivity contribution < 1.29 is 46.5 Å². The number of unbranched alkanes of at least 4 members (excludes halogenated alkanes) is 1. The molecule has 0 spiro atoms. The second-order valence-corrected chi connectivity index (χ2v) is 5.79. The zero-order valence-corrected chi connectivity index (χ0v) is 17.6. The van der Waals surface area contributed by atoms with Crippen molar-refractivity contribution in [2.45, 2.75) is 47.1 Å². The van der Waals surface area contributed by atoms with E-state index in [0.29, 0.717) is 5.92 Å². The van der Waals surface area contributed by atoms with Gasteiger partial charge in [-0.1, -0.05) is 68.2 Å². The van der Waals surface area contributed by atoms with Gasteiger partial charge in [0.25, 0.3) is 0 Å². The van der Waals surface area contributed by atoms with E-state index in [1.54, 1.807) is 0 Å². The van der Waals surface area contributed by atoms with Crippen LogP contribution in [-0.4, -0.2) is 6.54 Å². The molecule has 0 fully saturated rings. The number of hydrogen-bond donors (Lipinski definition) is 0. The zero-order valence-electron chi connectivity index (χ0n) is 14.5.